The standard InChI is InChI=1S/C27H33N3O2.C24H30N4O2.C24H22N4O2.C23H29N5O2/c1-18(22-8-9-24(31)14-22)32-27-16-23(15-26-25(27)17-30(3)28-26)20-6-4-19(5-7-20)21-10-12-29(2)13-11-21;1-16(17-8-9-21(29)10-17)30-24-12-18(11-23-22(24)15-27(2)26-23)19-13-25-28(14-19)20-6-4-3-5-7-20;1-4-16-5-8-24-25-12-22(28(24)13-16)18-10-21-20(14-27(3)26-21)23(11-18)30-15(2)17-6-7-19(29)9-17;1-15(17-10-23(29)24-11-17)30-22-9-16(8-21-20(22)14-27(2)26-21)18-12-25-28(13-18)19-6-4-3-5-7-19/h4-7,15-18,21-22H,8-14H2,1-3H3;11-17,20H,3-10H2,1-2H3;1,5,8,10-15,17H,6-7,9H2,2-3H3;8-9,12-15,17,19H,3-7,10-11H2,1-2H3,(H,24,29)/t18-,22+;16-,17+;15-,17+;15-,17-/m1111/s1. The molecule has 7 aliphatic rings. The molecule has 24 nitrogen and oxygen atoms in total. The van der Waals surface area contributed by atoms with E-state index in [0.717, 1.165) is 136 Å². The van der Waals surface area contributed by atoms with Gasteiger partial charge < -0.3 is 29.2 Å². The zero-order chi connectivity index (χ0) is 84.4. The average molecular weight is 1640 g/mol. The van der Waals surface area contributed by atoms with Gasteiger partial charge in [0.25, 0.3) is 0 Å². The van der Waals surface area contributed by atoms with Crippen LogP contribution in [0.15, 0.2) is 147 Å². The Morgan fingerprint density at radius 1 is 0.418 bits per heavy atom. The average Bonchev–Trinajstić information content (AvgIpc) is 1.65. The van der Waals surface area contributed by atoms with Gasteiger partial charge in [0.2, 0.25) is 5.91 Å². The molecule has 2 aliphatic heterocycles. The van der Waals surface area contributed by atoms with Crippen LogP contribution in [0.25, 0.3) is 93.9 Å². The van der Waals surface area contributed by atoms with Crippen molar-refractivity contribution in [3.05, 3.63) is 158 Å². The molecule has 5 aromatic carbocycles. The zero-order valence-electron chi connectivity index (χ0n) is 71.9. The number of imidazole rings is 1. The molecule has 5 saturated carbocycles. The maximum atomic E-state index is 11.8. The second-order valence-electron chi connectivity index (χ2n) is 35.7. The van der Waals surface area contributed by atoms with Crippen LogP contribution in [0.1, 0.15) is 198 Å². The minimum absolute atomic E-state index is 0.0000631. The zero-order valence-corrected chi connectivity index (χ0v) is 71.9. The Balaban J connectivity index is 0.000000116. The van der Waals surface area contributed by atoms with Gasteiger partial charge in [-0.1, -0.05) is 68.7 Å². The Morgan fingerprint density at radius 3 is 1.21 bits per heavy atom. The number of carbonyl (C=O) groups excluding carboxylic acids is 4. The highest BCUT2D eigenvalue weighted by Crippen LogP contribution is 2.43. The Morgan fingerprint density at radius 2 is 0.820 bits per heavy atom. The summed E-state index contributed by atoms with van der Waals surface area (Å²) in [6, 6.07) is 30.7. The number of benzene rings is 5. The molecule has 0 radical (unpaired) electrons. The van der Waals surface area contributed by atoms with E-state index in [-0.39, 0.29) is 42.2 Å². The summed E-state index contributed by atoms with van der Waals surface area (Å²) in [5.74, 6) is 8.78. The molecule has 0 bridgehead atoms. The molecular weight excluding hydrogens is 1530 g/mol. The number of nitrogens with zero attached hydrogens (tertiary/aromatic N) is 15. The predicted molar refractivity (Wildman–Crippen MR) is 475 cm³/mol. The van der Waals surface area contributed by atoms with E-state index < -0.39 is 0 Å². The third-order valence-corrected chi connectivity index (χ3v) is 26.7. The summed E-state index contributed by atoms with van der Waals surface area (Å²) in [7, 11) is 9.91. The number of pyridine rings is 1. The number of carbonyl (C=O) groups is 4. The van der Waals surface area contributed by atoms with Gasteiger partial charge in [-0.2, -0.15) is 30.6 Å². The van der Waals surface area contributed by atoms with Crippen LogP contribution in [-0.4, -0.2) is 147 Å². The molecule has 122 heavy (non-hydrogen) atoms. The van der Waals surface area contributed by atoms with Crippen molar-refractivity contribution in [3.8, 4) is 80.0 Å². The molecule has 634 valence electrons. The lowest BCUT2D eigenvalue weighted by Gasteiger charge is -2.29. The molecule has 0 unspecified atom stereocenters. The number of nitrogens with one attached hydrogen (secondary N) is 1. The molecule has 8 atom stereocenters. The third-order valence-electron chi connectivity index (χ3n) is 26.7. The van der Waals surface area contributed by atoms with E-state index >= 15 is 0 Å². The minimum atomic E-state index is -0.0624. The van der Waals surface area contributed by atoms with Crippen molar-refractivity contribution in [3.63, 3.8) is 0 Å². The Hall–Kier alpha value is -11.7. The summed E-state index contributed by atoms with van der Waals surface area (Å²) in [6.45, 7) is 11.3. The normalized spacial score (nSPS) is 20.4. The number of Topliss-reactive ketones (excluding diaryl/α,β-unsaturated/α-hetero) is 3. The van der Waals surface area contributed by atoms with Crippen molar-refractivity contribution in [1.82, 2.24) is 78.3 Å². The van der Waals surface area contributed by atoms with E-state index in [0.29, 0.717) is 98.7 Å². The maximum Gasteiger partial charge on any atom is 0.220 e. The molecule has 1 amide bonds. The summed E-state index contributed by atoms with van der Waals surface area (Å²) >= 11 is 0. The van der Waals surface area contributed by atoms with Gasteiger partial charge in [0.1, 0.15) is 52.1 Å². The van der Waals surface area contributed by atoms with Gasteiger partial charge in [-0.3, -0.25) is 51.7 Å². The Labute approximate surface area is 713 Å². The molecular formula is C98H114N16O8. The fourth-order valence-electron chi connectivity index (χ4n) is 19.4. The number of aromatic nitrogens is 14. The molecule has 24 heteroatoms. The van der Waals surface area contributed by atoms with Gasteiger partial charge in [-0.05, 0) is 200 Å². The molecule has 5 aliphatic carbocycles. The van der Waals surface area contributed by atoms with Crippen LogP contribution in [-0.2, 0) is 47.4 Å². The Bertz CT molecular complexity index is 5840. The first kappa shape index (κ1) is 82.6. The largest absolute Gasteiger partial charge is 0.490 e. The van der Waals surface area contributed by atoms with E-state index in [9.17, 15) is 19.2 Å². The fraction of sp³-hybridized carbons (Fsp3) is 0.459. The van der Waals surface area contributed by atoms with Gasteiger partial charge in [0.05, 0.1) is 98.3 Å². The van der Waals surface area contributed by atoms with Crippen molar-refractivity contribution in [1.29, 1.82) is 0 Å². The first-order valence-electron chi connectivity index (χ1n) is 44.3. The van der Waals surface area contributed by atoms with Crippen LogP contribution in [0.4, 0.5) is 0 Å². The van der Waals surface area contributed by atoms with Crippen LogP contribution in [0.5, 0.6) is 23.0 Å². The van der Waals surface area contributed by atoms with Crippen molar-refractivity contribution < 1.29 is 38.1 Å². The highest BCUT2D eigenvalue weighted by Gasteiger charge is 2.34. The SMILES string of the molecule is C#Cc1ccc2ncc(-c3cc(O[C@H](C)[C@H]4CCC(=O)C4)c4cn(C)nc4c3)n2c1.C[C@@H](Oc1cc(-c2ccc(C3CCN(C)CC3)cc2)cc2nn(C)cc12)[C@H]1CCC(=O)C1.C[C@@H](Oc1cc(-c2cnn(C3CCCCC3)c2)cc2nn(C)cc12)[C@H]1CCC(=O)C1.C[C@@H](Oc1cc(-c2cnn(C3CCCCC3)c2)cc2nn(C)cc12)[C@H]1CNC(=O)C1. The number of likely N-dealkylation sites (tertiary alicyclic amines) is 1. The van der Waals surface area contributed by atoms with E-state index in [4.69, 9.17) is 25.4 Å². The second-order valence-corrected chi connectivity index (χ2v) is 35.7. The highest BCUT2D eigenvalue weighted by atomic mass is 16.5. The summed E-state index contributed by atoms with van der Waals surface area (Å²) in [6.07, 6.45) is 47.7. The number of aryl methyl sites for hydroxylation is 4. The monoisotopic (exact) mass is 1640 g/mol. The lowest BCUT2D eigenvalue weighted by Crippen LogP contribution is -2.29. The third kappa shape index (κ3) is 18.7. The van der Waals surface area contributed by atoms with Gasteiger partial charge in [0.15, 0.2) is 0 Å². The first-order chi connectivity index (χ1) is 59.1. The minimum Gasteiger partial charge on any atom is -0.490 e. The highest BCUT2D eigenvalue weighted by molar-refractivity contribution is 5.93. The predicted octanol–water partition coefficient (Wildman–Crippen LogP) is 18.1. The first-order valence-corrected chi connectivity index (χ1v) is 44.3. The number of piperidine rings is 1. The van der Waals surface area contributed by atoms with E-state index in [1.165, 1.54) is 101 Å². The van der Waals surface area contributed by atoms with Crippen LogP contribution in [0, 0.1) is 36.0 Å². The molecule has 20 rings (SSSR count). The number of fused-ring (bicyclic) bond motifs is 5. The topological polar surface area (TPSA) is 245 Å². The molecule has 13 aromatic rings. The molecule has 10 heterocycles. The molecule has 7 fully saturated rings. The van der Waals surface area contributed by atoms with Gasteiger partial charge in [-0.15, -0.1) is 6.42 Å². The van der Waals surface area contributed by atoms with E-state index in [2.05, 4.69) is 155 Å². The number of amides is 1. The molecule has 8 aromatic heterocycles. The summed E-state index contributed by atoms with van der Waals surface area (Å²) in [5, 5.41) is 34.7. The van der Waals surface area contributed by atoms with Crippen LogP contribution in [0.3, 0.4) is 0 Å². The molecule has 0 spiro atoms. The number of hydrogen-bond acceptors (Lipinski definition) is 16. The van der Waals surface area contributed by atoms with Crippen LogP contribution in [0.2, 0.25) is 0 Å². The Kier molecular flexibility index (Phi) is 24.5. The number of terminal acetylenes is 1. The van der Waals surface area contributed by atoms with Crippen LogP contribution >= 0.6 is 0 Å². The van der Waals surface area contributed by atoms with Gasteiger partial charge >= 0.3 is 0 Å². The second kappa shape index (κ2) is 36.1. The van der Waals surface area contributed by atoms with Crippen molar-refractivity contribution in [2.75, 3.05) is 26.7 Å². The molecule has 2 saturated heterocycles. The van der Waals surface area contributed by atoms with E-state index in [1.807, 2.05) is 134 Å². The van der Waals surface area contributed by atoms with Crippen molar-refractivity contribution in [2.45, 2.75) is 211 Å². The van der Waals surface area contributed by atoms with Crippen LogP contribution < -0.4 is 24.3 Å². The number of ether oxygens (including phenoxy) is 4. The maximum absolute atomic E-state index is 11.8. The number of ketones is 3. The number of hydrogen-bond donors (Lipinski definition) is 1. The van der Waals surface area contributed by atoms with Crippen molar-refractivity contribution in [2.24, 2.45) is 51.9 Å². The van der Waals surface area contributed by atoms with Gasteiger partial charge in [-0.25, -0.2) is 4.98 Å². The fourth-order valence-corrected chi connectivity index (χ4v) is 19.4. The van der Waals surface area contributed by atoms with Crippen molar-refractivity contribution >= 4 is 72.5 Å². The smallest absolute Gasteiger partial charge is 0.220 e. The summed E-state index contributed by atoms with van der Waals surface area (Å²) in [5.41, 5.74) is 15.2. The number of rotatable bonds is 19. The lowest BCUT2D eigenvalue weighted by atomic mass is 9.88. The van der Waals surface area contributed by atoms with Gasteiger partial charge in [0, 0.05) is 169 Å². The quantitative estimate of drug-likeness (QED) is 0.0740. The lowest BCUT2D eigenvalue weighted by molar-refractivity contribution is -0.120. The molecule has 1 N–H and O–H groups in total. The van der Waals surface area contributed by atoms with E-state index in [1.54, 1.807) is 4.68 Å². The summed E-state index contributed by atoms with van der Waals surface area (Å²) < 4.78 is 39.2. The summed E-state index contributed by atoms with van der Waals surface area (Å²) in [4.78, 5) is 53.7.